The molecule has 0 radical (unpaired) electrons. The lowest BCUT2D eigenvalue weighted by Gasteiger charge is -2.02. The molecule has 0 atom stereocenters. The van der Waals surface area contributed by atoms with Crippen molar-refractivity contribution in [3.05, 3.63) is 42.5 Å². The summed E-state index contributed by atoms with van der Waals surface area (Å²) in [7, 11) is 0. The smallest absolute Gasteiger partial charge is 0.220 e. The Morgan fingerprint density at radius 2 is 1.88 bits per heavy atom. The standard InChI is InChI=1S/C13H16N2O2/c1-2-9-15-13(17)8-7-12(16)10-3-5-11(14)6-4-10/h2-6H,1,7-9,14H2,(H,15,17). The summed E-state index contributed by atoms with van der Waals surface area (Å²) < 4.78 is 0. The Balaban J connectivity index is 2.42. The maximum Gasteiger partial charge on any atom is 0.220 e. The van der Waals surface area contributed by atoms with Crippen LogP contribution in [-0.4, -0.2) is 18.2 Å². The zero-order valence-electron chi connectivity index (χ0n) is 9.61. The van der Waals surface area contributed by atoms with Crippen LogP contribution in [0.5, 0.6) is 0 Å². The van der Waals surface area contributed by atoms with Gasteiger partial charge in [0.1, 0.15) is 0 Å². The highest BCUT2D eigenvalue weighted by Gasteiger charge is 2.08. The van der Waals surface area contributed by atoms with Crippen molar-refractivity contribution in [1.29, 1.82) is 0 Å². The highest BCUT2D eigenvalue weighted by atomic mass is 16.2. The van der Waals surface area contributed by atoms with Crippen LogP contribution in [0, 0.1) is 0 Å². The summed E-state index contributed by atoms with van der Waals surface area (Å²) in [5, 5.41) is 2.62. The van der Waals surface area contributed by atoms with Crippen molar-refractivity contribution < 1.29 is 9.59 Å². The van der Waals surface area contributed by atoms with Gasteiger partial charge >= 0.3 is 0 Å². The second-order valence-corrected chi connectivity index (χ2v) is 3.64. The van der Waals surface area contributed by atoms with Gasteiger partial charge in [0.25, 0.3) is 0 Å². The monoisotopic (exact) mass is 232 g/mol. The van der Waals surface area contributed by atoms with Crippen molar-refractivity contribution >= 4 is 17.4 Å². The van der Waals surface area contributed by atoms with E-state index in [0.717, 1.165) is 0 Å². The van der Waals surface area contributed by atoms with Crippen LogP contribution in [0.25, 0.3) is 0 Å². The van der Waals surface area contributed by atoms with Crippen molar-refractivity contribution in [3.8, 4) is 0 Å². The van der Waals surface area contributed by atoms with Gasteiger partial charge in [-0.15, -0.1) is 6.58 Å². The van der Waals surface area contributed by atoms with Gasteiger partial charge in [-0.1, -0.05) is 6.08 Å². The van der Waals surface area contributed by atoms with Crippen molar-refractivity contribution in [2.75, 3.05) is 12.3 Å². The van der Waals surface area contributed by atoms with Gasteiger partial charge in [0, 0.05) is 30.6 Å². The van der Waals surface area contributed by atoms with E-state index in [4.69, 9.17) is 5.73 Å². The summed E-state index contributed by atoms with van der Waals surface area (Å²) in [6.45, 7) is 3.92. The van der Waals surface area contributed by atoms with E-state index < -0.39 is 0 Å². The summed E-state index contributed by atoms with van der Waals surface area (Å²) in [5.41, 5.74) is 6.71. The molecule has 0 unspecified atom stereocenters. The highest BCUT2D eigenvalue weighted by Crippen LogP contribution is 2.08. The fraction of sp³-hybridized carbons (Fsp3) is 0.231. The van der Waals surface area contributed by atoms with Gasteiger partial charge in [-0.05, 0) is 24.3 Å². The number of carbonyl (C=O) groups is 2. The average Bonchev–Trinajstić information content (AvgIpc) is 2.34. The molecule has 1 rings (SSSR count). The number of nitrogens with one attached hydrogen (secondary N) is 1. The first-order valence-electron chi connectivity index (χ1n) is 5.40. The van der Waals surface area contributed by atoms with Crippen LogP contribution in [0.2, 0.25) is 0 Å². The Morgan fingerprint density at radius 3 is 2.47 bits per heavy atom. The molecule has 4 heteroatoms. The maximum absolute atomic E-state index is 11.7. The van der Waals surface area contributed by atoms with Crippen molar-refractivity contribution in [3.63, 3.8) is 0 Å². The fourth-order valence-corrected chi connectivity index (χ4v) is 1.31. The molecule has 0 aliphatic rings. The summed E-state index contributed by atoms with van der Waals surface area (Å²) in [4.78, 5) is 23.0. The number of Topliss-reactive ketones (excluding diaryl/α,β-unsaturated/α-hetero) is 1. The molecule has 0 aromatic heterocycles. The minimum atomic E-state index is -0.145. The van der Waals surface area contributed by atoms with E-state index in [0.29, 0.717) is 17.8 Å². The van der Waals surface area contributed by atoms with Gasteiger partial charge in [-0.25, -0.2) is 0 Å². The number of carbonyl (C=O) groups excluding carboxylic acids is 2. The van der Waals surface area contributed by atoms with E-state index in [1.807, 2.05) is 0 Å². The fourth-order valence-electron chi connectivity index (χ4n) is 1.31. The highest BCUT2D eigenvalue weighted by molar-refractivity contribution is 5.98. The Kier molecular flexibility index (Phi) is 4.94. The van der Waals surface area contributed by atoms with Crippen molar-refractivity contribution in [2.24, 2.45) is 0 Å². The zero-order valence-corrected chi connectivity index (χ0v) is 9.61. The van der Waals surface area contributed by atoms with Gasteiger partial charge in [-0.3, -0.25) is 9.59 Å². The molecule has 0 aliphatic carbocycles. The van der Waals surface area contributed by atoms with E-state index in [1.54, 1.807) is 30.3 Å². The molecule has 0 aliphatic heterocycles. The Labute approximate surface area is 101 Å². The summed E-state index contributed by atoms with van der Waals surface area (Å²) in [5.74, 6) is -0.201. The number of amides is 1. The molecule has 4 nitrogen and oxygen atoms in total. The number of ketones is 1. The minimum Gasteiger partial charge on any atom is -0.399 e. The Morgan fingerprint density at radius 1 is 1.24 bits per heavy atom. The van der Waals surface area contributed by atoms with Gasteiger partial charge < -0.3 is 11.1 Å². The molecule has 1 aromatic carbocycles. The second-order valence-electron chi connectivity index (χ2n) is 3.64. The second kappa shape index (κ2) is 6.48. The summed E-state index contributed by atoms with van der Waals surface area (Å²) >= 11 is 0. The zero-order chi connectivity index (χ0) is 12.7. The molecule has 0 saturated carbocycles. The molecular weight excluding hydrogens is 216 g/mol. The third kappa shape index (κ3) is 4.51. The number of anilines is 1. The number of nitrogen functional groups attached to an aromatic ring is 1. The van der Waals surface area contributed by atoms with Crippen LogP contribution in [0.15, 0.2) is 36.9 Å². The maximum atomic E-state index is 11.7. The largest absolute Gasteiger partial charge is 0.399 e. The lowest BCUT2D eigenvalue weighted by Crippen LogP contribution is -2.23. The van der Waals surface area contributed by atoms with Crippen LogP contribution < -0.4 is 11.1 Å². The number of benzene rings is 1. The first-order chi connectivity index (χ1) is 8.13. The SMILES string of the molecule is C=CCNC(=O)CCC(=O)c1ccc(N)cc1. The topological polar surface area (TPSA) is 72.2 Å². The first kappa shape index (κ1) is 13.0. The molecule has 0 saturated heterocycles. The van der Waals surface area contributed by atoms with E-state index in [2.05, 4.69) is 11.9 Å². The number of hydrogen-bond donors (Lipinski definition) is 2. The van der Waals surface area contributed by atoms with Gasteiger partial charge in [0.2, 0.25) is 5.91 Å². The predicted octanol–water partition coefficient (Wildman–Crippen LogP) is 1.53. The molecule has 0 spiro atoms. The van der Waals surface area contributed by atoms with E-state index in [-0.39, 0.29) is 24.5 Å². The summed E-state index contributed by atoms with van der Waals surface area (Å²) in [6, 6.07) is 6.68. The molecule has 17 heavy (non-hydrogen) atoms. The van der Waals surface area contributed by atoms with Crippen LogP contribution >= 0.6 is 0 Å². The Hall–Kier alpha value is -2.10. The molecule has 1 aromatic rings. The van der Waals surface area contributed by atoms with Gasteiger partial charge in [0.05, 0.1) is 0 Å². The number of nitrogens with two attached hydrogens (primary N) is 1. The first-order valence-corrected chi connectivity index (χ1v) is 5.40. The summed E-state index contributed by atoms with van der Waals surface area (Å²) in [6.07, 6.45) is 1.99. The quantitative estimate of drug-likeness (QED) is 0.444. The molecule has 3 N–H and O–H groups in total. The molecule has 1 amide bonds. The molecule has 0 heterocycles. The average molecular weight is 232 g/mol. The van der Waals surface area contributed by atoms with Crippen LogP contribution in [-0.2, 0) is 4.79 Å². The Bertz CT molecular complexity index is 410. The third-order valence-corrected chi connectivity index (χ3v) is 2.26. The predicted molar refractivity (Wildman–Crippen MR) is 67.6 cm³/mol. The number of rotatable bonds is 6. The van der Waals surface area contributed by atoms with Crippen molar-refractivity contribution in [1.82, 2.24) is 5.32 Å². The van der Waals surface area contributed by atoms with E-state index in [1.165, 1.54) is 0 Å². The van der Waals surface area contributed by atoms with E-state index >= 15 is 0 Å². The van der Waals surface area contributed by atoms with Crippen LogP contribution in [0.3, 0.4) is 0 Å². The minimum absolute atomic E-state index is 0.0567. The molecule has 90 valence electrons. The normalized spacial score (nSPS) is 9.65. The third-order valence-electron chi connectivity index (χ3n) is 2.26. The van der Waals surface area contributed by atoms with Crippen LogP contribution in [0.1, 0.15) is 23.2 Å². The van der Waals surface area contributed by atoms with Crippen LogP contribution in [0.4, 0.5) is 5.69 Å². The lowest BCUT2D eigenvalue weighted by atomic mass is 10.1. The van der Waals surface area contributed by atoms with E-state index in [9.17, 15) is 9.59 Å². The van der Waals surface area contributed by atoms with Gasteiger partial charge in [-0.2, -0.15) is 0 Å². The molecular formula is C13H16N2O2. The molecule has 0 fully saturated rings. The lowest BCUT2D eigenvalue weighted by molar-refractivity contribution is -0.120. The van der Waals surface area contributed by atoms with Gasteiger partial charge in [0.15, 0.2) is 5.78 Å². The molecule has 0 bridgehead atoms. The van der Waals surface area contributed by atoms with Crippen molar-refractivity contribution in [2.45, 2.75) is 12.8 Å². The number of hydrogen-bond acceptors (Lipinski definition) is 3.